The van der Waals surface area contributed by atoms with E-state index in [1.165, 1.54) is 41.5 Å². The Morgan fingerprint density at radius 3 is 2.55 bits per heavy atom. The summed E-state index contributed by atoms with van der Waals surface area (Å²) >= 11 is 1.25. The lowest BCUT2D eigenvalue weighted by atomic mass is 10.1. The van der Waals surface area contributed by atoms with Crippen LogP contribution in [0.1, 0.15) is 66.9 Å². The number of rotatable bonds is 12. The molecule has 0 radical (unpaired) electrons. The third-order valence-corrected chi connectivity index (χ3v) is 9.27. The largest absolute Gasteiger partial charge is 0.445 e. The molecule has 0 saturated carbocycles. The average Bonchev–Trinajstić information content (AvgIpc) is 3.69. The summed E-state index contributed by atoms with van der Waals surface area (Å²) < 4.78 is 8.22. The van der Waals surface area contributed by atoms with E-state index in [1.54, 1.807) is 12.3 Å². The van der Waals surface area contributed by atoms with Crippen LogP contribution in [0.5, 0.6) is 10.8 Å². The molecule has 0 aliphatic carbocycles. The number of nitrogens with one attached hydrogen (secondary N) is 3. The van der Waals surface area contributed by atoms with Crippen molar-refractivity contribution in [3.63, 3.8) is 0 Å². The van der Waals surface area contributed by atoms with Crippen LogP contribution in [0.2, 0.25) is 0 Å². The SMILES string of the molecule is CCCCCNC(=O)Nc1ccc(Oc2cnc(NC(=O)c3ccc(-n4cc(CN5CCCCC5)c5ccccc54)cc3)s2)cc1C. The number of ether oxygens (including phenoxy) is 1. The number of nitrogens with zero attached hydrogens (tertiary/aromatic N) is 3. The lowest BCUT2D eigenvalue weighted by molar-refractivity contribution is 0.102. The molecule has 0 bridgehead atoms. The first-order valence-corrected chi connectivity index (χ1v) is 17.3. The first-order chi connectivity index (χ1) is 23.0. The highest BCUT2D eigenvalue weighted by Crippen LogP contribution is 2.32. The van der Waals surface area contributed by atoms with E-state index in [0.29, 0.717) is 28.1 Å². The summed E-state index contributed by atoms with van der Waals surface area (Å²) in [5.74, 6) is 0.380. The van der Waals surface area contributed by atoms with Gasteiger partial charge in [-0.05, 0) is 98.9 Å². The number of anilines is 2. The molecule has 9 nitrogen and oxygen atoms in total. The molecule has 10 heteroatoms. The molecular formula is C37H42N6O3S. The third-order valence-electron chi connectivity index (χ3n) is 8.48. The lowest BCUT2D eigenvalue weighted by Gasteiger charge is -2.26. The smallest absolute Gasteiger partial charge is 0.319 e. The minimum atomic E-state index is -0.236. The Hall–Kier alpha value is -4.67. The number of urea groups is 1. The lowest BCUT2D eigenvalue weighted by Crippen LogP contribution is -2.29. The van der Waals surface area contributed by atoms with Gasteiger partial charge < -0.3 is 19.9 Å². The van der Waals surface area contributed by atoms with Crippen molar-refractivity contribution in [3.05, 3.63) is 95.8 Å². The fourth-order valence-corrected chi connectivity index (χ4v) is 6.64. The topological polar surface area (TPSA) is 101 Å². The van der Waals surface area contributed by atoms with Crippen molar-refractivity contribution in [1.82, 2.24) is 19.8 Å². The number of likely N-dealkylation sites (tertiary alicyclic amines) is 1. The molecule has 1 saturated heterocycles. The number of fused-ring (bicyclic) bond motifs is 1. The molecule has 3 aromatic carbocycles. The van der Waals surface area contributed by atoms with Gasteiger partial charge in [0, 0.05) is 41.6 Å². The number of hydrogen-bond acceptors (Lipinski definition) is 6. The van der Waals surface area contributed by atoms with Gasteiger partial charge in [-0.3, -0.25) is 15.0 Å². The van der Waals surface area contributed by atoms with Gasteiger partial charge in [0.25, 0.3) is 5.91 Å². The molecule has 6 rings (SSSR count). The summed E-state index contributed by atoms with van der Waals surface area (Å²) in [6.45, 7) is 7.96. The quantitative estimate of drug-likeness (QED) is 0.117. The second kappa shape index (κ2) is 15.3. The number of para-hydroxylation sites is 1. The molecular weight excluding hydrogens is 609 g/mol. The zero-order chi connectivity index (χ0) is 32.6. The maximum absolute atomic E-state index is 13.1. The van der Waals surface area contributed by atoms with E-state index < -0.39 is 0 Å². The maximum atomic E-state index is 13.1. The molecule has 1 aliphatic rings. The van der Waals surface area contributed by atoms with Crippen molar-refractivity contribution in [1.29, 1.82) is 0 Å². The van der Waals surface area contributed by atoms with Gasteiger partial charge in [0.2, 0.25) is 5.06 Å². The predicted octanol–water partition coefficient (Wildman–Crippen LogP) is 8.74. The van der Waals surface area contributed by atoms with Crippen LogP contribution in [0.4, 0.5) is 15.6 Å². The first-order valence-electron chi connectivity index (χ1n) is 16.5. The minimum absolute atomic E-state index is 0.217. The van der Waals surface area contributed by atoms with Crippen molar-refractivity contribution >= 4 is 45.0 Å². The van der Waals surface area contributed by atoms with Crippen LogP contribution in [-0.2, 0) is 6.54 Å². The number of thiazole rings is 1. The summed E-state index contributed by atoms with van der Waals surface area (Å²) in [5, 5.41) is 10.9. The van der Waals surface area contributed by atoms with E-state index in [-0.39, 0.29) is 11.9 Å². The molecule has 1 aliphatic heterocycles. The van der Waals surface area contributed by atoms with Gasteiger partial charge in [-0.2, -0.15) is 0 Å². The van der Waals surface area contributed by atoms with Crippen LogP contribution in [0.15, 0.2) is 79.1 Å². The van der Waals surface area contributed by atoms with E-state index in [1.807, 2.05) is 43.3 Å². The zero-order valence-corrected chi connectivity index (χ0v) is 27.9. The molecule has 2 aromatic heterocycles. The van der Waals surface area contributed by atoms with Crippen LogP contribution in [0.3, 0.4) is 0 Å². The second-order valence-electron chi connectivity index (χ2n) is 12.0. The van der Waals surface area contributed by atoms with Crippen molar-refractivity contribution in [2.24, 2.45) is 0 Å². The molecule has 3 N–H and O–H groups in total. The number of amides is 3. The number of carbonyl (C=O) groups is 2. The Balaban J connectivity index is 1.06. The number of aryl methyl sites for hydroxylation is 1. The number of unbranched alkanes of at least 4 members (excludes halogenated alkanes) is 2. The molecule has 3 amide bonds. The maximum Gasteiger partial charge on any atom is 0.319 e. The Kier molecular flexibility index (Phi) is 10.5. The van der Waals surface area contributed by atoms with Crippen LogP contribution in [-0.4, -0.2) is 46.0 Å². The summed E-state index contributed by atoms with van der Waals surface area (Å²) in [6, 6.07) is 21.4. The molecule has 0 unspecified atom stereocenters. The van der Waals surface area contributed by atoms with Crippen molar-refractivity contribution < 1.29 is 14.3 Å². The molecule has 1 fully saturated rings. The van der Waals surface area contributed by atoms with Gasteiger partial charge >= 0.3 is 6.03 Å². The summed E-state index contributed by atoms with van der Waals surface area (Å²) in [7, 11) is 0. The molecule has 244 valence electrons. The fraction of sp³-hybridized carbons (Fsp3) is 0.324. The van der Waals surface area contributed by atoms with Gasteiger partial charge in [-0.15, -0.1) is 0 Å². The van der Waals surface area contributed by atoms with Crippen molar-refractivity contribution in [2.45, 2.75) is 58.9 Å². The number of benzene rings is 3. The third kappa shape index (κ3) is 8.19. The molecule has 0 atom stereocenters. The van der Waals surface area contributed by atoms with Crippen LogP contribution in [0, 0.1) is 6.92 Å². The fourth-order valence-electron chi connectivity index (χ4n) is 5.95. The van der Waals surface area contributed by atoms with E-state index in [4.69, 9.17) is 4.74 Å². The Labute approximate surface area is 280 Å². The van der Waals surface area contributed by atoms with E-state index in [9.17, 15) is 9.59 Å². The van der Waals surface area contributed by atoms with Gasteiger partial charge in [-0.1, -0.05) is 55.7 Å². The zero-order valence-electron chi connectivity index (χ0n) is 27.1. The number of aromatic nitrogens is 2. The highest BCUT2D eigenvalue weighted by Gasteiger charge is 2.16. The standard InChI is InChI=1S/C37H42N6O3S/c1-3-4-8-19-38-36(45)40-32-18-17-30(22-26(32)2)46-34-23-39-37(47-34)41-35(44)27-13-15-29(16-14-27)43-25-28(24-42-20-9-5-10-21-42)31-11-6-7-12-33(31)43/h6-7,11-18,22-23,25H,3-5,8-10,19-21,24H2,1-2H3,(H2,38,40,45)(H,39,41,44). The van der Waals surface area contributed by atoms with Gasteiger partial charge in [0.05, 0.1) is 11.7 Å². The Morgan fingerprint density at radius 2 is 1.77 bits per heavy atom. The number of piperidine rings is 1. The van der Waals surface area contributed by atoms with Crippen molar-refractivity contribution in [2.75, 3.05) is 30.3 Å². The molecule has 3 heterocycles. The summed E-state index contributed by atoms with van der Waals surface area (Å²) in [6.07, 6.45) is 10.9. The monoisotopic (exact) mass is 650 g/mol. The summed E-state index contributed by atoms with van der Waals surface area (Å²) in [4.78, 5) is 32.2. The van der Waals surface area contributed by atoms with Gasteiger partial charge in [0.15, 0.2) is 5.13 Å². The average molecular weight is 651 g/mol. The van der Waals surface area contributed by atoms with Crippen LogP contribution in [0.25, 0.3) is 16.6 Å². The molecule has 0 spiro atoms. The molecule has 5 aromatic rings. The molecule has 47 heavy (non-hydrogen) atoms. The van der Waals surface area contributed by atoms with E-state index in [0.717, 1.165) is 61.4 Å². The second-order valence-corrected chi connectivity index (χ2v) is 13.0. The first kappa shape index (κ1) is 32.3. The van der Waals surface area contributed by atoms with Gasteiger partial charge in [0.1, 0.15) is 5.75 Å². The van der Waals surface area contributed by atoms with Crippen LogP contribution < -0.4 is 20.7 Å². The number of hydrogen-bond donors (Lipinski definition) is 3. The van der Waals surface area contributed by atoms with E-state index >= 15 is 0 Å². The highest BCUT2D eigenvalue weighted by molar-refractivity contribution is 7.17. The Bertz CT molecular complexity index is 1820. The van der Waals surface area contributed by atoms with Crippen molar-refractivity contribution in [3.8, 4) is 16.5 Å². The summed E-state index contributed by atoms with van der Waals surface area (Å²) in [5.41, 5.74) is 5.64. The normalized spacial score (nSPS) is 13.4. The van der Waals surface area contributed by atoms with Crippen LogP contribution >= 0.6 is 11.3 Å². The predicted molar refractivity (Wildman–Crippen MR) is 190 cm³/mol. The van der Waals surface area contributed by atoms with E-state index in [2.05, 4.69) is 67.8 Å². The minimum Gasteiger partial charge on any atom is -0.445 e. The highest BCUT2D eigenvalue weighted by atomic mass is 32.1. The van der Waals surface area contributed by atoms with Gasteiger partial charge in [-0.25, -0.2) is 9.78 Å². The number of carbonyl (C=O) groups excluding carboxylic acids is 2. The Morgan fingerprint density at radius 1 is 0.957 bits per heavy atom.